The maximum atomic E-state index is 11.2. The van der Waals surface area contributed by atoms with Crippen molar-refractivity contribution in [2.24, 2.45) is 0 Å². The Labute approximate surface area is 92.1 Å². The monoisotopic (exact) mass is 248 g/mol. The van der Waals surface area contributed by atoms with E-state index >= 15 is 0 Å². The molecule has 8 heteroatoms. The molecule has 0 radical (unpaired) electrons. The number of aromatic carboxylic acids is 1. The Hall–Kier alpha value is -1.41. The first kappa shape index (κ1) is 12.7. The molecule has 16 heavy (non-hydrogen) atoms. The highest BCUT2D eigenvalue weighted by Gasteiger charge is 2.20. The van der Waals surface area contributed by atoms with Gasteiger partial charge in [-0.05, 0) is 12.8 Å². The highest BCUT2D eigenvalue weighted by molar-refractivity contribution is 7.90. The van der Waals surface area contributed by atoms with E-state index in [2.05, 4.69) is 9.97 Å². The Kier molecular flexibility index (Phi) is 3.66. The van der Waals surface area contributed by atoms with E-state index in [9.17, 15) is 13.2 Å². The van der Waals surface area contributed by atoms with E-state index in [-0.39, 0.29) is 29.6 Å². The molecular formula is C8H12N2O5S. The van der Waals surface area contributed by atoms with E-state index in [1.165, 1.54) is 0 Å². The van der Waals surface area contributed by atoms with Gasteiger partial charge in [-0.25, -0.2) is 18.2 Å². The first-order chi connectivity index (χ1) is 7.36. The standard InChI is InChI=1S/C8H12N2O5S/c1-16(14,15)8-9-5(3-2-4-11)6(10-8)7(12)13/h11H,2-4H2,1H3,(H,9,10)(H,12,13). The van der Waals surface area contributed by atoms with Gasteiger partial charge in [0.05, 0.1) is 5.69 Å². The van der Waals surface area contributed by atoms with Gasteiger partial charge in [-0.3, -0.25) is 0 Å². The molecule has 0 aliphatic rings. The molecule has 0 fully saturated rings. The fraction of sp³-hybridized carbons (Fsp3) is 0.500. The first-order valence-electron chi connectivity index (χ1n) is 4.49. The number of aliphatic hydroxyl groups excluding tert-OH is 1. The minimum Gasteiger partial charge on any atom is -0.476 e. The van der Waals surface area contributed by atoms with E-state index < -0.39 is 15.8 Å². The summed E-state index contributed by atoms with van der Waals surface area (Å²) >= 11 is 0. The van der Waals surface area contributed by atoms with Crippen LogP contribution in [0.3, 0.4) is 0 Å². The molecule has 0 aliphatic carbocycles. The second-order valence-electron chi connectivity index (χ2n) is 3.27. The van der Waals surface area contributed by atoms with E-state index in [0.717, 1.165) is 6.26 Å². The van der Waals surface area contributed by atoms with Gasteiger partial charge in [0, 0.05) is 12.9 Å². The van der Waals surface area contributed by atoms with Crippen LogP contribution in [0.5, 0.6) is 0 Å². The molecule has 0 unspecified atom stereocenters. The van der Waals surface area contributed by atoms with E-state index in [0.29, 0.717) is 6.42 Å². The van der Waals surface area contributed by atoms with Crippen LogP contribution >= 0.6 is 0 Å². The summed E-state index contributed by atoms with van der Waals surface area (Å²) in [5, 5.41) is 17.1. The Bertz CT molecular complexity index is 491. The quantitative estimate of drug-likeness (QED) is 0.642. The lowest BCUT2D eigenvalue weighted by atomic mass is 10.2. The Morgan fingerprint density at radius 1 is 1.50 bits per heavy atom. The summed E-state index contributed by atoms with van der Waals surface area (Å²) in [6.45, 7) is -0.105. The van der Waals surface area contributed by atoms with Crippen molar-refractivity contribution < 1.29 is 23.4 Å². The van der Waals surface area contributed by atoms with Crippen molar-refractivity contribution in [3.8, 4) is 0 Å². The van der Waals surface area contributed by atoms with E-state index in [1.807, 2.05) is 0 Å². The molecule has 0 spiro atoms. The fourth-order valence-corrected chi connectivity index (χ4v) is 1.74. The summed E-state index contributed by atoms with van der Waals surface area (Å²) in [5.41, 5.74) is -0.101. The lowest BCUT2D eigenvalue weighted by Gasteiger charge is -1.95. The molecule has 0 aromatic carbocycles. The molecular weight excluding hydrogens is 236 g/mol. The lowest BCUT2D eigenvalue weighted by molar-refractivity contribution is 0.0689. The van der Waals surface area contributed by atoms with Gasteiger partial charge in [-0.15, -0.1) is 0 Å². The number of nitrogens with one attached hydrogen (secondary N) is 1. The van der Waals surface area contributed by atoms with Gasteiger partial charge >= 0.3 is 5.97 Å². The van der Waals surface area contributed by atoms with Crippen LogP contribution in [0.25, 0.3) is 0 Å². The van der Waals surface area contributed by atoms with E-state index in [1.54, 1.807) is 0 Å². The van der Waals surface area contributed by atoms with Crippen LogP contribution in [0.4, 0.5) is 0 Å². The zero-order valence-corrected chi connectivity index (χ0v) is 9.41. The second kappa shape index (κ2) is 4.62. The van der Waals surface area contributed by atoms with Crippen molar-refractivity contribution in [1.82, 2.24) is 9.97 Å². The molecule has 0 amide bonds. The minimum absolute atomic E-state index is 0.105. The number of aryl methyl sites for hydroxylation is 1. The average molecular weight is 248 g/mol. The summed E-state index contributed by atoms with van der Waals surface area (Å²) in [4.78, 5) is 16.7. The van der Waals surface area contributed by atoms with Crippen LogP contribution in [0, 0.1) is 0 Å². The molecule has 3 N–H and O–H groups in total. The Balaban J connectivity index is 3.15. The summed E-state index contributed by atoms with van der Waals surface area (Å²) in [6, 6.07) is 0. The van der Waals surface area contributed by atoms with Crippen molar-refractivity contribution in [2.75, 3.05) is 12.9 Å². The number of carboxylic acids is 1. The highest BCUT2D eigenvalue weighted by atomic mass is 32.2. The molecule has 0 bridgehead atoms. The van der Waals surface area contributed by atoms with Crippen LogP contribution in [0.1, 0.15) is 22.6 Å². The molecule has 90 valence electrons. The molecule has 0 saturated heterocycles. The number of carboxylic acid groups (broad SMARTS) is 1. The average Bonchev–Trinajstić information content (AvgIpc) is 2.57. The normalized spacial score (nSPS) is 11.6. The van der Waals surface area contributed by atoms with E-state index in [4.69, 9.17) is 10.2 Å². The zero-order valence-electron chi connectivity index (χ0n) is 8.60. The largest absolute Gasteiger partial charge is 0.476 e. The second-order valence-corrected chi connectivity index (χ2v) is 5.20. The smallest absolute Gasteiger partial charge is 0.356 e. The number of sulfone groups is 1. The van der Waals surface area contributed by atoms with Gasteiger partial charge in [-0.1, -0.05) is 0 Å². The maximum Gasteiger partial charge on any atom is 0.356 e. The number of carbonyl (C=O) groups is 1. The highest BCUT2D eigenvalue weighted by Crippen LogP contribution is 2.12. The third kappa shape index (κ3) is 2.80. The number of imidazole rings is 1. The van der Waals surface area contributed by atoms with Crippen molar-refractivity contribution >= 4 is 15.8 Å². The number of H-pyrrole nitrogens is 1. The van der Waals surface area contributed by atoms with Crippen molar-refractivity contribution in [1.29, 1.82) is 0 Å². The van der Waals surface area contributed by atoms with Gasteiger partial charge < -0.3 is 15.2 Å². The number of hydrogen-bond donors (Lipinski definition) is 3. The lowest BCUT2D eigenvalue weighted by Crippen LogP contribution is -2.03. The minimum atomic E-state index is -3.56. The van der Waals surface area contributed by atoms with Gasteiger partial charge in [0.1, 0.15) is 0 Å². The molecule has 0 saturated carbocycles. The number of aromatic nitrogens is 2. The fourth-order valence-electron chi connectivity index (χ4n) is 1.17. The van der Waals surface area contributed by atoms with Crippen LogP contribution in [0.15, 0.2) is 5.16 Å². The van der Waals surface area contributed by atoms with Gasteiger partial charge in [0.15, 0.2) is 5.69 Å². The Morgan fingerprint density at radius 2 is 2.12 bits per heavy atom. The molecule has 7 nitrogen and oxygen atoms in total. The van der Waals surface area contributed by atoms with Crippen molar-refractivity contribution in [3.63, 3.8) is 0 Å². The number of aromatic amines is 1. The van der Waals surface area contributed by atoms with Gasteiger partial charge in [-0.2, -0.15) is 0 Å². The topological polar surface area (TPSA) is 120 Å². The van der Waals surface area contributed by atoms with Crippen molar-refractivity contribution in [2.45, 2.75) is 18.0 Å². The third-order valence-electron chi connectivity index (χ3n) is 1.90. The first-order valence-corrected chi connectivity index (χ1v) is 6.38. The number of nitrogens with zero attached hydrogens (tertiary/aromatic N) is 1. The SMILES string of the molecule is CS(=O)(=O)c1nc(C(=O)O)c(CCCO)[nH]1. The number of hydrogen-bond acceptors (Lipinski definition) is 5. The number of rotatable bonds is 5. The summed E-state index contributed by atoms with van der Waals surface area (Å²) < 4.78 is 22.3. The molecule has 1 aromatic heterocycles. The number of aliphatic hydroxyl groups is 1. The van der Waals surface area contributed by atoms with Gasteiger partial charge in [0.2, 0.25) is 15.0 Å². The van der Waals surface area contributed by atoms with Crippen LogP contribution in [-0.4, -0.2) is 47.4 Å². The van der Waals surface area contributed by atoms with Crippen molar-refractivity contribution in [3.05, 3.63) is 11.4 Å². The third-order valence-corrected chi connectivity index (χ3v) is 2.79. The maximum absolute atomic E-state index is 11.2. The predicted molar refractivity (Wildman–Crippen MR) is 54.1 cm³/mol. The van der Waals surface area contributed by atoms with Crippen LogP contribution < -0.4 is 0 Å². The molecule has 0 atom stereocenters. The van der Waals surface area contributed by atoms with Gasteiger partial charge in [0.25, 0.3) is 0 Å². The molecule has 1 heterocycles. The molecule has 1 aromatic rings. The Morgan fingerprint density at radius 3 is 2.56 bits per heavy atom. The predicted octanol–water partition coefficient (Wildman–Crippen LogP) is -0.564. The van der Waals surface area contributed by atoms with Crippen LogP contribution in [-0.2, 0) is 16.3 Å². The zero-order chi connectivity index (χ0) is 12.3. The molecule has 0 aliphatic heterocycles. The summed E-state index contributed by atoms with van der Waals surface area (Å²) in [5.74, 6) is -1.29. The molecule has 1 rings (SSSR count). The summed E-state index contributed by atoms with van der Waals surface area (Å²) in [7, 11) is -3.56. The summed E-state index contributed by atoms with van der Waals surface area (Å²) in [6.07, 6.45) is 1.51. The van der Waals surface area contributed by atoms with Crippen LogP contribution in [0.2, 0.25) is 0 Å².